The number of hydrazone groups is 1. The van der Waals surface area contributed by atoms with E-state index in [0.29, 0.717) is 22.8 Å². The highest BCUT2D eigenvalue weighted by molar-refractivity contribution is 7.89. The van der Waals surface area contributed by atoms with Crippen molar-refractivity contribution in [3.8, 4) is 11.5 Å². The Morgan fingerprint density at radius 3 is 2.29 bits per heavy atom. The summed E-state index contributed by atoms with van der Waals surface area (Å²) in [6.07, 6.45) is 0.211. The van der Waals surface area contributed by atoms with Gasteiger partial charge in [0.25, 0.3) is 10.0 Å². The lowest BCUT2D eigenvalue weighted by Crippen LogP contribution is -2.27. The molecule has 1 aliphatic rings. The molecule has 4 rings (SSSR count). The van der Waals surface area contributed by atoms with Crippen LogP contribution in [0.2, 0.25) is 0 Å². The highest BCUT2D eigenvalue weighted by Crippen LogP contribution is 2.39. The minimum absolute atomic E-state index is 0.0913. The lowest BCUT2D eigenvalue weighted by Gasteiger charge is -2.23. The fourth-order valence-corrected chi connectivity index (χ4v) is 5.02. The molecule has 6 nitrogen and oxygen atoms in total. The average Bonchev–Trinajstić information content (AvgIpc) is 3.25. The molecule has 1 atom stereocenters. The minimum Gasteiger partial charge on any atom is -0.493 e. The molecule has 0 spiro atoms. The highest BCUT2D eigenvalue weighted by Gasteiger charge is 2.39. The number of hydrogen-bond acceptors (Lipinski definition) is 5. The lowest BCUT2D eigenvalue weighted by atomic mass is 9.98. The van der Waals surface area contributed by atoms with Crippen LogP contribution in [0.15, 0.2) is 82.8 Å². The molecule has 8 heteroatoms. The molecule has 0 saturated carbocycles. The first-order valence-electron chi connectivity index (χ1n) is 9.59. The summed E-state index contributed by atoms with van der Waals surface area (Å²) in [6, 6.07) is 18.6. The molecule has 3 aromatic rings. The van der Waals surface area contributed by atoms with Gasteiger partial charge < -0.3 is 9.47 Å². The van der Waals surface area contributed by atoms with E-state index < -0.39 is 21.9 Å². The molecule has 0 amide bonds. The second kappa shape index (κ2) is 8.39. The van der Waals surface area contributed by atoms with E-state index in [0.717, 1.165) is 4.41 Å². The van der Waals surface area contributed by atoms with Crippen molar-refractivity contribution in [1.82, 2.24) is 4.41 Å². The number of rotatable bonds is 6. The Morgan fingerprint density at radius 2 is 1.61 bits per heavy atom. The molecule has 160 valence electrons. The van der Waals surface area contributed by atoms with E-state index in [1.807, 2.05) is 0 Å². The molecule has 3 aromatic carbocycles. The topological polar surface area (TPSA) is 68.2 Å². The summed E-state index contributed by atoms with van der Waals surface area (Å²) in [5.41, 5.74) is 1.44. The third-order valence-corrected chi connectivity index (χ3v) is 6.84. The van der Waals surface area contributed by atoms with Crippen molar-refractivity contribution in [1.29, 1.82) is 0 Å². The van der Waals surface area contributed by atoms with Gasteiger partial charge in [0.05, 0.1) is 30.9 Å². The molecule has 0 fully saturated rings. The molecule has 0 unspecified atom stereocenters. The zero-order chi connectivity index (χ0) is 22.0. The minimum atomic E-state index is -4.00. The first-order chi connectivity index (χ1) is 15.0. The van der Waals surface area contributed by atoms with E-state index in [1.165, 1.54) is 32.4 Å². The second-order valence-corrected chi connectivity index (χ2v) is 8.74. The molecule has 1 aliphatic heterocycles. The Morgan fingerprint density at radius 1 is 0.935 bits per heavy atom. The summed E-state index contributed by atoms with van der Waals surface area (Å²) in [6.45, 7) is 0. The number of nitrogens with zero attached hydrogens (tertiary/aromatic N) is 2. The Labute approximate surface area is 180 Å². The van der Waals surface area contributed by atoms with Gasteiger partial charge in [-0.15, -0.1) is 0 Å². The molecular formula is C23H21FN2O4S. The summed E-state index contributed by atoms with van der Waals surface area (Å²) in [4.78, 5) is 0.0913. The van der Waals surface area contributed by atoms with Gasteiger partial charge in [0, 0.05) is 17.5 Å². The van der Waals surface area contributed by atoms with Gasteiger partial charge in [0.15, 0.2) is 11.5 Å². The molecule has 31 heavy (non-hydrogen) atoms. The first-order valence-corrected chi connectivity index (χ1v) is 11.0. The number of methoxy groups -OCH3 is 2. The molecule has 0 N–H and O–H groups in total. The summed E-state index contributed by atoms with van der Waals surface area (Å²) in [5.74, 6) is 0.559. The van der Waals surface area contributed by atoms with Crippen molar-refractivity contribution in [3.63, 3.8) is 0 Å². The van der Waals surface area contributed by atoms with Gasteiger partial charge in [-0.05, 0) is 36.4 Å². The molecule has 0 bridgehead atoms. The summed E-state index contributed by atoms with van der Waals surface area (Å²) in [7, 11) is -0.944. The largest absolute Gasteiger partial charge is 0.493 e. The number of sulfonamides is 1. The van der Waals surface area contributed by atoms with Crippen LogP contribution < -0.4 is 9.47 Å². The monoisotopic (exact) mass is 440 g/mol. The normalized spacial score (nSPS) is 16.2. The Hall–Kier alpha value is -3.39. The maximum atomic E-state index is 14.6. The average molecular weight is 440 g/mol. The van der Waals surface area contributed by atoms with Crippen molar-refractivity contribution in [3.05, 3.63) is 89.7 Å². The van der Waals surface area contributed by atoms with Crippen LogP contribution >= 0.6 is 0 Å². The molecule has 0 saturated heterocycles. The number of halogens is 1. The first kappa shape index (κ1) is 20.9. The van der Waals surface area contributed by atoms with Crippen molar-refractivity contribution in [2.24, 2.45) is 5.10 Å². The zero-order valence-electron chi connectivity index (χ0n) is 17.0. The second-order valence-electron chi connectivity index (χ2n) is 6.95. The fraction of sp³-hybridized carbons (Fsp3) is 0.174. The fourth-order valence-electron chi connectivity index (χ4n) is 3.58. The van der Waals surface area contributed by atoms with Gasteiger partial charge in [0.2, 0.25) is 0 Å². The third kappa shape index (κ3) is 3.86. The molecule has 0 radical (unpaired) electrons. The summed E-state index contributed by atoms with van der Waals surface area (Å²) < 4.78 is 53.0. The predicted octanol–water partition coefficient (Wildman–Crippen LogP) is 4.38. The Bertz CT molecular complexity index is 1230. The standard InChI is InChI=1S/C23H21FN2O4S/c1-29-22-13-12-16(14-23(22)30-2)20-15-21(18-10-6-7-11-19(18)24)26(25-20)31(27,28)17-8-4-3-5-9-17/h3-14,21H,15H2,1-2H3/t21-/m0/s1. The number of ether oxygens (including phenoxy) is 2. The van der Waals surface area contributed by atoms with Gasteiger partial charge in [-0.25, -0.2) is 4.39 Å². The Balaban J connectivity index is 1.82. The summed E-state index contributed by atoms with van der Waals surface area (Å²) >= 11 is 0. The maximum absolute atomic E-state index is 14.6. The third-order valence-electron chi connectivity index (χ3n) is 5.14. The van der Waals surface area contributed by atoms with Crippen LogP contribution in [0, 0.1) is 5.82 Å². The van der Waals surface area contributed by atoms with Crippen molar-refractivity contribution < 1.29 is 22.3 Å². The highest BCUT2D eigenvalue weighted by atomic mass is 32.2. The molecular weight excluding hydrogens is 419 g/mol. The zero-order valence-corrected chi connectivity index (χ0v) is 17.8. The quantitative estimate of drug-likeness (QED) is 0.570. The Kier molecular flexibility index (Phi) is 5.65. The smallest absolute Gasteiger partial charge is 0.279 e. The molecule has 1 heterocycles. The van der Waals surface area contributed by atoms with Crippen LogP contribution in [0.5, 0.6) is 11.5 Å². The van der Waals surface area contributed by atoms with Crippen molar-refractivity contribution >= 4 is 15.7 Å². The number of benzene rings is 3. The van der Waals surface area contributed by atoms with Crippen LogP contribution in [0.25, 0.3) is 0 Å². The van der Waals surface area contributed by atoms with Gasteiger partial charge in [-0.2, -0.15) is 17.9 Å². The van der Waals surface area contributed by atoms with Gasteiger partial charge in [-0.3, -0.25) is 0 Å². The van der Waals surface area contributed by atoms with Crippen LogP contribution in [0.1, 0.15) is 23.6 Å². The predicted molar refractivity (Wildman–Crippen MR) is 115 cm³/mol. The molecule has 0 aromatic heterocycles. The van der Waals surface area contributed by atoms with E-state index in [9.17, 15) is 12.8 Å². The summed E-state index contributed by atoms with van der Waals surface area (Å²) in [5, 5.41) is 4.44. The number of hydrogen-bond donors (Lipinski definition) is 0. The van der Waals surface area contributed by atoms with E-state index in [2.05, 4.69) is 5.10 Å². The van der Waals surface area contributed by atoms with Crippen molar-refractivity contribution in [2.45, 2.75) is 17.4 Å². The van der Waals surface area contributed by atoms with Gasteiger partial charge >= 0.3 is 0 Å². The van der Waals surface area contributed by atoms with E-state index in [1.54, 1.807) is 54.6 Å². The van der Waals surface area contributed by atoms with Crippen LogP contribution in [0.4, 0.5) is 4.39 Å². The van der Waals surface area contributed by atoms with E-state index in [4.69, 9.17) is 9.47 Å². The van der Waals surface area contributed by atoms with Crippen LogP contribution in [0.3, 0.4) is 0 Å². The van der Waals surface area contributed by atoms with E-state index in [-0.39, 0.29) is 16.9 Å². The SMILES string of the molecule is COc1ccc(C2=NN(S(=O)(=O)c3ccccc3)[C@H](c3ccccc3F)C2)cc1OC. The maximum Gasteiger partial charge on any atom is 0.279 e. The van der Waals surface area contributed by atoms with Crippen LogP contribution in [-0.4, -0.2) is 32.8 Å². The van der Waals surface area contributed by atoms with E-state index >= 15 is 0 Å². The van der Waals surface area contributed by atoms with Gasteiger partial charge in [-0.1, -0.05) is 36.4 Å². The lowest BCUT2D eigenvalue weighted by molar-refractivity contribution is 0.355. The van der Waals surface area contributed by atoms with Crippen LogP contribution in [-0.2, 0) is 10.0 Å². The molecule has 0 aliphatic carbocycles. The van der Waals surface area contributed by atoms with Crippen molar-refractivity contribution in [2.75, 3.05) is 14.2 Å². The van der Waals surface area contributed by atoms with Gasteiger partial charge in [0.1, 0.15) is 5.82 Å².